The van der Waals surface area contributed by atoms with Gasteiger partial charge in [0.25, 0.3) is 0 Å². The molecule has 1 amide bonds. The average Bonchev–Trinajstić information content (AvgIpc) is 2.71. The highest BCUT2D eigenvalue weighted by molar-refractivity contribution is 5.77. The molecule has 2 aromatic rings. The number of aromatic nitrogens is 2. The van der Waals surface area contributed by atoms with Crippen molar-refractivity contribution in [3.63, 3.8) is 0 Å². The smallest absolute Gasteiger partial charge is 0.330 e. The number of nitrogens with zero attached hydrogens (tertiary/aromatic N) is 3. The van der Waals surface area contributed by atoms with Gasteiger partial charge >= 0.3 is 6.18 Å². The Labute approximate surface area is 119 Å². The Morgan fingerprint density at radius 3 is 2.67 bits per heavy atom. The molecule has 0 aliphatic rings. The van der Waals surface area contributed by atoms with E-state index in [1.807, 2.05) is 0 Å². The number of amides is 1. The molecule has 1 aromatic heterocycles. The van der Waals surface area contributed by atoms with Crippen LogP contribution in [0.5, 0.6) is 0 Å². The normalized spacial score (nSPS) is 11.9. The van der Waals surface area contributed by atoms with Crippen molar-refractivity contribution in [3.05, 3.63) is 29.6 Å². The quantitative estimate of drug-likeness (QED) is 0.883. The molecule has 0 spiro atoms. The second kappa shape index (κ2) is 5.36. The molecular weight excluding hydrogens is 285 g/mol. The molecule has 0 atom stereocenters. The number of benzene rings is 1. The van der Waals surface area contributed by atoms with Gasteiger partial charge in [0.15, 0.2) is 0 Å². The van der Waals surface area contributed by atoms with Crippen LogP contribution in [-0.2, 0) is 24.6 Å². The topological polar surface area (TPSA) is 50.2 Å². The van der Waals surface area contributed by atoms with Crippen molar-refractivity contribution < 1.29 is 18.0 Å². The van der Waals surface area contributed by atoms with E-state index in [0.717, 1.165) is 12.1 Å². The van der Waals surface area contributed by atoms with Crippen LogP contribution in [0.4, 0.5) is 13.2 Å². The number of aryl methyl sites for hydroxylation is 1. The van der Waals surface area contributed by atoms with E-state index in [4.69, 9.17) is 0 Å². The maximum atomic E-state index is 12.7. The highest BCUT2D eigenvalue weighted by Gasteiger charge is 2.31. The van der Waals surface area contributed by atoms with Crippen molar-refractivity contribution in [2.24, 2.45) is 7.05 Å². The van der Waals surface area contributed by atoms with E-state index in [2.05, 4.69) is 10.4 Å². The van der Waals surface area contributed by atoms with Crippen molar-refractivity contribution in [1.82, 2.24) is 20.0 Å². The molecule has 114 valence electrons. The Morgan fingerprint density at radius 2 is 2.10 bits per heavy atom. The monoisotopic (exact) mass is 300 g/mol. The second-order valence-corrected chi connectivity index (χ2v) is 4.70. The van der Waals surface area contributed by atoms with Crippen LogP contribution in [0.1, 0.15) is 18.3 Å². The number of rotatable bonds is 3. The van der Waals surface area contributed by atoms with Crippen LogP contribution in [0.25, 0.3) is 11.0 Å². The fraction of sp³-hybridized carbons (Fsp3) is 0.385. The first-order valence-electron chi connectivity index (χ1n) is 6.20. The molecule has 1 aromatic carbocycles. The van der Waals surface area contributed by atoms with Gasteiger partial charge in [-0.25, -0.2) is 10.4 Å². The van der Waals surface area contributed by atoms with Crippen LogP contribution in [0.2, 0.25) is 0 Å². The van der Waals surface area contributed by atoms with Crippen LogP contribution in [-0.4, -0.2) is 27.5 Å². The molecule has 0 aliphatic heterocycles. The standard InChI is InChI=1S/C13H15F3N4O/c1-8(21)20(3)17-7-12-18-10-6-9(13(14,15)16)4-5-11(10)19(12)2/h4-6,17H,7H2,1-3H3. The molecule has 2 rings (SSSR count). The number of halogens is 3. The van der Waals surface area contributed by atoms with Crippen molar-refractivity contribution in [1.29, 1.82) is 0 Å². The van der Waals surface area contributed by atoms with Crippen LogP contribution in [0.15, 0.2) is 18.2 Å². The van der Waals surface area contributed by atoms with Gasteiger partial charge in [-0.05, 0) is 18.2 Å². The third-order valence-corrected chi connectivity index (χ3v) is 3.25. The van der Waals surface area contributed by atoms with Crippen LogP contribution >= 0.6 is 0 Å². The van der Waals surface area contributed by atoms with Gasteiger partial charge < -0.3 is 4.57 Å². The lowest BCUT2D eigenvalue weighted by Crippen LogP contribution is -2.38. The molecule has 8 heteroatoms. The summed E-state index contributed by atoms with van der Waals surface area (Å²) in [5, 5.41) is 1.29. The summed E-state index contributed by atoms with van der Waals surface area (Å²) in [5.41, 5.74) is 2.97. The largest absolute Gasteiger partial charge is 0.416 e. The van der Waals surface area contributed by atoms with E-state index in [0.29, 0.717) is 11.3 Å². The molecule has 1 N–H and O–H groups in total. The summed E-state index contributed by atoms with van der Waals surface area (Å²) in [5.74, 6) is 0.366. The molecule has 1 heterocycles. The van der Waals surface area contributed by atoms with Crippen LogP contribution in [0.3, 0.4) is 0 Å². The van der Waals surface area contributed by atoms with Gasteiger partial charge in [0.2, 0.25) is 5.91 Å². The average molecular weight is 300 g/mol. The number of alkyl halides is 3. The SMILES string of the molecule is CC(=O)N(C)NCc1nc2cc(C(F)(F)F)ccc2n1C. The highest BCUT2D eigenvalue weighted by Crippen LogP contribution is 2.31. The van der Waals surface area contributed by atoms with Crippen molar-refractivity contribution in [2.45, 2.75) is 19.6 Å². The third kappa shape index (κ3) is 3.15. The summed E-state index contributed by atoms with van der Waals surface area (Å²) in [7, 11) is 3.28. The Bertz CT molecular complexity index is 678. The zero-order valence-corrected chi connectivity index (χ0v) is 11.8. The maximum Gasteiger partial charge on any atom is 0.416 e. The predicted molar refractivity (Wildman–Crippen MR) is 71.0 cm³/mol. The van der Waals surface area contributed by atoms with Gasteiger partial charge in [-0.2, -0.15) is 13.2 Å². The Morgan fingerprint density at radius 1 is 1.43 bits per heavy atom. The molecule has 21 heavy (non-hydrogen) atoms. The van der Waals surface area contributed by atoms with E-state index in [9.17, 15) is 18.0 Å². The summed E-state index contributed by atoms with van der Waals surface area (Å²) in [6.45, 7) is 1.64. The molecule has 0 saturated carbocycles. The minimum atomic E-state index is -4.39. The first-order chi connectivity index (χ1) is 9.70. The molecule has 0 fully saturated rings. The molecule has 0 radical (unpaired) electrons. The van der Waals surface area contributed by atoms with Crippen molar-refractivity contribution >= 4 is 16.9 Å². The van der Waals surface area contributed by atoms with Gasteiger partial charge in [-0.1, -0.05) is 0 Å². The fourth-order valence-corrected chi connectivity index (χ4v) is 1.88. The third-order valence-electron chi connectivity index (χ3n) is 3.25. The molecule has 0 aliphatic carbocycles. The number of fused-ring (bicyclic) bond motifs is 1. The highest BCUT2D eigenvalue weighted by atomic mass is 19.4. The lowest BCUT2D eigenvalue weighted by Gasteiger charge is -2.15. The molecule has 0 unspecified atom stereocenters. The number of nitrogens with one attached hydrogen (secondary N) is 1. The van der Waals surface area contributed by atoms with Gasteiger partial charge in [0.05, 0.1) is 23.1 Å². The van der Waals surface area contributed by atoms with E-state index < -0.39 is 11.7 Å². The number of hydrogen-bond acceptors (Lipinski definition) is 3. The summed E-state index contributed by atoms with van der Waals surface area (Å²) in [6, 6.07) is 3.44. The van der Waals surface area contributed by atoms with Crippen LogP contribution < -0.4 is 5.43 Å². The number of imidazole rings is 1. The fourth-order valence-electron chi connectivity index (χ4n) is 1.88. The zero-order valence-electron chi connectivity index (χ0n) is 11.8. The Kier molecular flexibility index (Phi) is 3.91. The first kappa shape index (κ1) is 15.3. The molecule has 0 bridgehead atoms. The van der Waals surface area contributed by atoms with Gasteiger partial charge in [-0.3, -0.25) is 9.80 Å². The lowest BCUT2D eigenvalue weighted by atomic mass is 10.2. The van der Waals surface area contributed by atoms with Gasteiger partial charge in [-0.15, -0.1) is 0 Å². The Balaban J connectivity index is 2.30. The van der Waals surface area contributed by atoms with Gasteiger partial charge in [0, 0.05) is 21.0 Å². The summed E-state index contributed by atoms with van der Waals surface area (Å²) in [4.78, 5) is 15.3. The predicted octanol–water partition coefficient (Wildman–Crippen LogP) is 2.07. The minimum Gasteiger partial charge on any atom is -0.330 e. The van der Waals surface area contributed by atoms with E-state index in [1.165, 1.54) is 18.0 Å². The first-order valence-corrected chi connectivity index (χ1v) is 6.20. The van der Waals surface area contributed by atoms with Gasteiger partial charge in [0.1, 0.15) is 5.82 Å². The van der Waals surface area contributed by atoms with Crippen molar-refractivity contribution in [2.75, 3.05) is 7.05 Å². The van der Waals surface area contributed by atoms with E-state index in [-0.39, 0.29) is 18.0 Å². The van der Waals surface area contributed by atoms with Crippen molar-refractivity contribution in [3.8, 4) is 0 Å². The Hall–Kier alpha value is -2.09. The number of hydrazine groups is 1. The maximum absolute atomic E-state index is 12.7. The second-order valence-electron chi connectivity index (χ2n) is 4.70. The number of carbonyl (C=O) groups excluding carboxylic acids is 1. The molecule has 0 saturated heterocycles. The lowest BCUT2D eigenvalue weighted by molar-refractivity contribution is -0.137. The zero-order chi connectivity index (χ0) is 15.8. The minimum absolute atomic E-state index is 0.173. The summed E-state index contributed by atoms with van der Waals surface area (Å²) < 4.78 is 39.7. The van der Waals surface area contributed by atoms with Crippen LogP contribution in [0, 0.1) is 0 Å². The summed E-state index contributed by atoms with van der Waals surface area (Å²) in [6.07, 6.45) is -4.39. The molecule has 5 nitrogen and oxygen atoms in total. The molecular formula is C13H15F3N4O. The van der Waals surface area contributed by atoms with E-state index in [1.54, 1.807) is 18.7 Å². The number of carbonyl (C=O) groups is 1. The van der Waals surface area contributed by atoms with E-state index >= 15 is 0 Å². The number of hydrogen-bond donors (Lipinski definition) is 1. The summed E-state index contributed by atoms with van der Waals surface area (Å²) >= 11 is 0.